The highest BCUT2D eigenvalue weighted by atomic mass is 14.9. The van der Waals surface area contributed by atoms with Crippen LogP contribution in [0.5, 0.6) is 0 Å². The Hall–Kier alpha value is -1.76. The zero-order chi connectivity index (χ0) is 12.8. The zero-order valence-corrected chi connectivity index (χ0v) is 11.1. The van der Waals surface area contributed by atoms with Gasteiger partial charge in [-0.1, -0.05) is 55.5 Å². The van der Waals surface area contributed by atoms with E-state index in [1.54, 1.807) is 0 Å². The van der Waals surface area contributed by atoms with Crippen molar-refractivity contribution in [2.45, 2.75) is 32.2 Å². The van der Waals surface area contributed by atoms with Crippen molar-refractivity contribution >= 4 is 5.69 Å². The number of nitrogens with one attached hydrogen (secondary N) is 1. The lowest BCUT2D eigenvalue weighted by molar-refractivity contribution is 0.582. The summed E-state index contributed by atoms with van der Waals surface area (Å²) in [5, 5.41) is 3.59. The summed E-state index contributed by atoms with van der Waals surface area (Å²) in [6.45, 7) is 4.51. The van der Waals surface area contributed by atoms with Crippen LogP contribution in [0.15, 0.2) is 60.7 Å². The molecule has 2 aromatic carbocycles. The van der Waals surface area contributed by atoms with Crippen LogP contribution in [-0.2, 0) is 0 Å². The Balaban J connectivity index is 2.09. The molecule has 0 unspecified atom stereocenters. The molecule has 0 saturated heterocycles. The van der Waals surface area contributed by atoms with E-state index < -0.39 is 0 Å². The van der Waals surface area contributed by atoms with Crippen LogP contribution in [0.1, 0.15) is 31.7 Å². The summed E-state index contributed by atoms with van der Waals surface area (Å²) >= 11 is 0. The lowest BCUT2D eigenvalue weighted by Gasteiger charge is -2.25. The van der Waals surface area contributed by atoms with Crippen molar-refractivity contribution in [2.75, 3.05) is 5.32 Å². The lowest BCUT2D eigenvalue weighted by atomic mass is 9.90. The molecule has 0 aliphatic rings. The smallest absolute Gasteiger partial charge is 0.0342 e. The highest BCUT2D eigenvalue weighted by Gasteiger charge is 2.16. The van der Waals surface area contributed by atoms with Crippen LogP contribution in [0.4, 0.5) is 5.69 Å². The van der Waals surface area contributed by atoms with Gasteiger partial charge in [-0.3, -0.25) is 0 Å². The van der Waals surface area contributed by atoms with Gasteiger partial charge in [-0.05, 0) is 31.0 Å². The van der Waals surface area contributed by atoms with Crippen LogP contribution in [0.2, 0.25) is 0 Å². The van der Waals surface area contributed by atoms with Crippen LogP contribution in [0.25, 0.3) is 0 Å². The standard InChI is InChI=1S/C17H21N/c1-3-17(15-10-6-4-7-11-15)14(2)18-16-12-8-5-9-13-16/h4-14,17-18H,3H2,1-2H3/t14-,17+/m0/s1. The first-order valence-corrected chi connectivity index (χ1v) is 6.67. The summed E-state index contributed by atoms with van der Waals surface area (Å²) in [4.78, 5) is 0. The molecule has 0 fully saturated rings. The van der Waals surface area contributed by atoms with Gasteiger partial charge >= 0.3 is 0 Å². The monoisotopic (exact) mass is 239 g/mol. The fraction of sp³-hybridized carbons (Fsp3) is 0.294. The Kier molecular flexibility index (Phi) is 4.40. The molecule has 2 atom stereocenters. The molecule has 0 aliphatic carbocycles. The van der Waals surface area contributed by atoms with E-state index >= 15 is 0 Å². The molecular formula is C17H21N. The Labute approximate surface area is 110 Å². The zero-order valence-electron chi connectivity index (χ0n) is 11.1. The second-order valence-electron chi connectivity index (χ2n) is 4.72. The van der Waals surface area contributed by atoms with Crippen molar-refractivity contribution in [1.82, 2.24) is 0 Å². The molecule has 2 rings (SSSR count). The first kappa shape index (κ1) is 12.7. The van der Waals surface area contributed by atoms with E-state index in [0.29, 0.717) is 12.0 Å². The minimum absolute atomic E-state index is 0.430. The second kappa shape index (κ2) is 6.25. The van der Waals surface area contributed by atoms with Gasteiger partial charge in [-0.15, -0.1) is 0 Å². The van der Waals surface area contributed by atoms with Gasteiger partial charge in [0.05, 0.1) is 0 Å². The fourth-order valence-electron chi connectivity index (χ4n) is 2.48. The van der Waals surface area contributed by atoms with Crippen molar-refractivity contribution in [3.8, 4) is 0 Å². The predicted octanol–water partition coefficient (Wildman–Crippen LogP) is 4.68. The van der Waals surface area contributed by atoms with Crippen molar-refractivity contribution in [3.05, 3.63) is 66.2 Å². The largest absolute Gasteiger partial charge is 0.382 e. The van der Waals surface area contributed by atoms with E-state index in [0.717, 1.165) is 6.42 Å². The van der Waals surface area contributed by atoms with Gasteiger partial charge in [0, 0.05) is 17.6 Å². The van der Waals surface area contributed by atoms with Crippen LogP contribution in [-0.4, -0.2) is 6.04 Å². The predicted molar refractivity (Wildman–Crippen MR) is 79.0 cm³/mol. The van der Waals surface area contributed by atoms with Crippen LogP contribution in [0.3, 0.4) is 0 Å². The molecule has 0 spiro atoms. The molecule has 94 valence electrons. The van der Waals surface area contributed by atoms with E-state index in [2.05, 4.69) is 73.8 Å². The van der Waals surface area contributed by atoms with E-state index in [1.807, 2.05) is 6.07 Å². The van der Waals surface area contributed by atoms with Gasteiger partial charge in [0.15, 0.2) is 0 Å². The highest BCUT2D eigenvalue weighted by molar-refractivity contribution is 5.44. The highest BCUT2D eigenvalue weighted by Crippen LogP contribution is 2.25. The molecule has 1 N–H and O–H groups in total. The summed E-state index contributed by atoms with van der Waals surface area (Å²) in [5.74, 6) is 0.548. The van der Waals surface area contributed by atoms with Crippen LogP contribution >= 0.6 is 0 Å². The molecule has 1 heteroatoms. The van der Waals surface area contributed by atoms with E-state index in [-0.39, 0.29) is 0 Å². The molecule has 0 radical (unpaired) electrons. The van der Waals surface area contributed by atoms with Gasteiger partial charge in [-0.2, -0.15) is 0 Å². The molecule has 2 aromatic rings. The molecule has 1 nitrogen and oxygen atoms in total. The summed E-state index contributed by atoms with van der Waals surface area (Å²) in [6.07, 6.45) is 1.14. The molecule has 0 bridgehead atoms. The van der Waals surface area contributed by atoms with Gasteiger partial charge in [0.25, 0.3) is 0 Å². The van der Waals surface area contributed by atoms with Gasteiger partial charge in [0.2, 0.25) is 0 Å². The van der Waals surface area contributed by atoms with Gasteiger partial charge in [-0.25, -0.2) is 0 Å². The van der Waals surface area contributed by atoms with Gasteiger partial charge < -0.3 is 5.32 Å². The van der Waals surface area contributed by atoms with Crippen molar-refractivity contribution in [3.63, 3.8) is 0 Å². The van der Waals surface area contributed by atoms with E-state index in [1.165, 1.54) is 11.3 Å². The molecule has 0 aromatic heterocycles. The minimum atomic E-state index is 0.430. The van der Waals surface area contributed by atoms with E-state index in [9.17, 15) is 0 Å². The fourth-order valence-corrected chi connectivity index (χ4v) is 2.48. The summed E-state index contributed by atoms with van der Waals surface area (Å²) in [6, 6.07) is 21.6. The normalized spacial score (nSPS) is 13.9. The molecule has 0 amide bonds. The average molecular weight is 239 g/mol. The van der Waals surface area contributed by atoms with Gasteiger partial charge in [0.1, 0.15) is 0 Å². The number of hydrogen-bond donors (Lipinski definition) is 1. The first-order chi connectivity index (χ1) is 8.81. The first-order valence-electron chi connectivity index (χ1n) is 6.67. The van der Waals surface area contributed by atoms with Crippen molar-refractivity contribution < 1.29 is 0 Å². The third-order valence-corrected chi connectivity index (χ3v) is 3.44. The van der Waals surface area contributed by atoms with Crippen LogP contribution < -0.4 is 5.32 Å². The SMILES string of the molecule is CC[C@@H](c1ccccc1)[C@H](C)Nc1ccccc1. The molecule has 0 saturated carbocycles. The Morgan fingerprint density at radius 3 is 2.00 bits per heavy atom. The minimum Gasteiger partial charge on any atom is -0.382 e. The molecule has 18 heavy (non-hydrogen) atoms. The number of benzene rings is 2. The third-order valence-electron chi connectivity index (χ3n) is 3.44. The molecule has 0 aliphatic heterocycles. The Morgan fingerprint density at radius 1 is 0.889 bits per heavy atom. The average Bonchev–Trinajstić information content (AvgIpc) is 2.42. The summed E-state index contributed by atoms with van der Waals surface area (Å²) in [7, 11) is 0. The molecule has 0 heterocycles. The number of para-hydroxylation sites is 1. The van der Waals surface area contributed by atoms with Crippen molar-refractivity contribution in [1.29, 1.82) is 0 Å². The van der Waals surface area contributed by atoms with Crippen LogP contribution in [0, 0.1) is 0 Å². The maximum absolute atomic E-state index is 3.59. The quantitative estimate of drug-likeness (QED) is 0.798. The maximum atomic E-state index is 3.59. The lowest BCUT2D eigenvalue weighted by Crippen LogP contribution is -2.23. The van der Waals surface area contributed by atoms with E-state index in [4.69, 9.17) is 0 Å². The number of rotatable bonds is 5. The topological polar surface area (TPSA) is 12.0 Å². The Morgan fingerprint density at radius 2 is 1.44 bits per heavy atom. The van der Waals surface area contributed by atoms with Crippen molar-refractivity contribution in [2.24, 2.45) is 0 Å². The number of hydrogen-bond acceptors (Lipinski definition) is 1. The maximum Gasteiger partial charge on any atom is 0.0342 e. The molecular weight excluding hydrogens is 218 g/mol. The second-order valence-corrected chi connectivity index (χ2v) is 4.72. The summed E-state index contributed by atoms with van der Waals surface area (Å²) in [5.41, 5.74) is 2.61. The Bertz CT molecular complexity index is 450. The summed E-state index contributed by atoms with van der Waals surface area (Å²) < 4.78 is 0. The third kappa shape index (κ3) is 3.13. The number of anilines is 1.